The van der Waals surface area contributed by atoms with E-state index in [4.69, 9.17) is 8.85 Å². The van der Waals surface area contributed by atoms with Gasteiger partial charge in [0.15, 0.2) is 16.6 Å². The largest absolute Gasteiger partial charge is 0.425 e. The van der Waals surface area contributed by atoms with Crippen LogP contribution in [0, 0.1) is 0 Å². The first-order valence-electron chi connectivity index (χ1n) is 12.9. The van der Waals surface area contributed by atoms with Crippen LogP contribution in [0.25, 0.3) is 21.5 Å². The standard InChI is InChI=1S/C30H30F6O2Si2/c1-39(2,3)37-27(29(31,32)33)23-15-19-11-7-9-13-21(19)17-25(23)28(30(34,35)36,38-40(4,5)6)26-18-22-14-10-8-12-20(22)16-24(26)27/h7-18H,1-6H3. The molecule has 0 N–H and O–H groups in total. The van der Waals surface area contributed by atoms with Crippen LogP contribution in [0.3, 0.4) is 0 Å². The number of benzene rings is 4. The van der Waals surface area contributed by atoms with Crippen molar-refractivity contribution in [3.05, 3.63) is 95.1 Å². The maximum absolute atomic E-state index is 15.8. The lowest BCUT2D eigenvalue weighted by atomic mass is 9.65. The Hall–Kier alpha value is -2.67. The van der Waals surface area contributed by atoms with E-state index in [2.05, 4.69) is 0 Å². The summed E-state index contributed by atoms with van der Waals surface area (Å²) in [6.07, 6.45) is -10.2. The molecular formula is C30H30F6O2Si2. The average molecular weight is 593 g/mol. The summed E-state index contributed by atoms with van der Waals surface area (Å²) in [4.78, 5) is 0. The first kappa shape index (κ1) is 28.8. The van der Waals surface area contributed by atoms with Gasteiger partial charge in [0.2, 0.25) is 11.2 Å². The zero-order valence-electron chi connectivity index (χ0n) is 23.0. The molecule has 0 fully saturated rings. The molecule has 212 valence electrons. The Balaban J connectivity index is 2.11. The maximum Gasteiger partial charge on any atom is 0.425 e. The minimum atomic E-state index is -5.10. The van der Waals surface area contributed by atoms with Crippen LogP contribution in [0.4, 0.5) is 26.3 Å². The third-order valence-corrected chi connectivity index (χ3v) is 8.84. The van der Waals surface area contributed by atoms with E-state index in [1.165, 1.54) is 24.3 Å². The summed E-state index contributed by atoms with van der Waals surface area (Å²) < 4.78 is 107. The van der Waals surface area contributed by atoms with Crippen LogP contribution in [-0.4, -0.2) is 29.0 Å². The molecule has 2 nitrogen and oxygen atoms in total. The van der Waals surface area contributed by atoms with E-state index in [0.717, 1.165) is 0 Å². The number of alkyl halides is 6. The van der Waals surface area contributed by atoms with Gasteiger partial charge >= 0.3 is 12.4 Å². The molecule has 40 heavy (non-hydrogen) atoms. The van der Waals surface area contributed by atoms with E-state index in [1.54, 1.807) is 87.8 Å². The average Bonchev–Trinajstić information content (AvgIpc) is 2.81. The molecule has 0 saturated heterocycles. The molecule has 0 heterocycles. The summed E-state index contributed by atoms with van der Waals surface area (Å²) >= 11 is 0. The van der Waals surface area contributed by atoms with Crippen molar-refractivity contribution in [1.82, 2.24) is 0 Å². The Morgan fingerprint density at radius 2 is 0.700 bits per heavy atom. The minimum absolute atomic E-state index is 0.377. The van der Waals surface area contributed by atoms with Gasteiger partial charge in [-0.25, -0.2) is 0 Å². The molecule has 4 aromatic rings. The minimum Gasteiger partial charge on any atom is -0.397 e. The summed E-state index contributed by atoms with van der Waals surface area (Å²) in [5.74, 6) is 0. The van der Waals surface area contributed by atoms with Gasteiger partial charge < -0.3 is 8.85 Å². The number of fused-ring (bicyclic) bond motifs is 4. The molecule has 0 atom stereocenters. The van der Waals surface area contributed by atoms with Crippen molar-refractivity contribution in [3.63, 3.8) is 0 Å². The van der Waals surface area contributed by atoms with E-state index in [1.807, 2.05) is 0 Å². The van der Waals surface area contributed by atoms with Gasteiger partial charge in [0.05, 0.1) is 0 Å². The third kappa shape index (κ3) is 4.40. The second-order valence-corrected chi connectivity index (χ2v) is 21.1. The molecule has 0 aromatic heterocycles. The summed E-state index contributed by atoms with van der Waals surface area (Å²) in [5, 5.41) is 1.51. The zero-order chi connectivity index (χ0) is 29.5. The van der Waals surface area contributed by atoms with Gasteiger partial charge in [-0.2, -0.15) is 26.3 Å². The lowest BCUT2D eigenvalue weighted by Crippen LogP contribution is -2.61. The van der Waals surface area contributed by atoms with Crippen molar-refractivity contribution >= 4 is 38.2 Å². The lowest BCUT2D eigenvalue weighted by Gasteiger charge is -2.52. The molecular weight excluding hydrogens is 562 g/mol. The molecule has 0 saturated carbocycles. The molecule has 0 spiro atoms. The molecule has 0 radical (unpaired) electrons. The molecule has 1 aliphatic rings. The van der Waals surface area contributed by atoms with Gasteiger partial charge in [-0.3, -0.25) is 0 Å². The second kappa shape index (κ2) is 8.91. The van der Waals surface area contributed by atoms with E-state index < -0.39 is 62.4 Å². The first-order valence-corrected chi connectivity index (χ1v) is 19.7. The fourth-order valence-electron chi connectivity index (χ4n) is 5.80. The predicted molar refractivity (Wildman–Crippen MR) is 150 cm³/mol. The first-order chi connectivity index (χ1) is 18.3. The van der Waals surface area contributed by atoms with Gasteiger partial charge in [-0.1, -0.05) is 48.5 Å². The lowest BCUT2D eigenvalue weighted by molar-refractivity contribution is -0.261. The highest BCUT2D eigenvalue weighted by Gasteiger charge is 2.71. The molecule has 0 aliphatic heterocycles. The molecule has 0 unspecified atom stereocenters. The Labute approximate surface area is 231 Å². The summed E-state index contributed by atoms with van der Waals surface area (Å²) in [6, 6.07) is 17.8. The van der Waals surface area contributed by atoms with Crippen molar-refractivity contribution in [1.29, 1.82) is 0 Å². The molecule has 10 heteroatoms. The molecule has 1 aliphatic carbocycles. The van der Waals surface area contributed by atoms with Crippen molar-refractivity contribution in [2.45, 2.75) is 62.8 Å². The van der Waals surface area contributed by atoms with Crippen molar-refractivity contribution < 1.29 is 35.2 Å². The highest BCUT2D eigenvalue weighted by atomic mass is 28.4. The van der Waals surface area contributed by atoms with Crippen LogP contribution in [0.15, 0.2) is 72.8 Å². The van der Waals surface area contributed by atoms with Crippen LogP contribution in [-0.2, 0) is 20.1 Å². The van der Waals surface area contributed by atoms with Gasteiger partial charge in [0.25, 0.3) is 0 Å². The SMILES string of the molecule is C[Si](C)(C)OC1(C(F)(F)F)c2cc3ccccc3cc2C(O[Si](C)(C)C)(C(F)(F)F)c2cc3ccccc3cc21. The Kier molecular flexibility index (Phi) is 6.43. The van der Waals surface area contributed by atoms with Crippen LogP contribution >= 0.6 is 0 Å². The van der Waals surface area contributed by atoms with Gasteiger partial charge in [-0.15, -0.1) is 0 Å². The molecule has 4 aromatic carbocycles. The van der Waals surface area contributed by atoms with E-state index >= 15 is 26.3 Å². The highest BCUT2D eigenvalue weighted by molar-refractivity contribution is 6.70. The fraction of sp³-hybridized carbons (Fsp3) is 0.333. The topological polar surface area (TPSA) is 18.5 Å². The summed E-state index contributed by atoms with van der Waals surface area (Å²) in [6.45, 7) is 9.62. The van der Waals surface area contributed by atoms with Gasteiger partial charge in [0.1, 0.15) is 0 Å². The quantitative estimate of drug-likeness (QED) is 0.174. The van der Waals surface area contributed by atoms with Crippen LogP contribution in [0.5, 0.6) is 0 Å². The van der Waals surface area contributed by atoms with E-state index in [-0.39, 0.29) is 0 Å². The van der Waals surface area contributed by atoms with Crippen LogP contribution < -0.4 is 0 Å². The number of rotatable bonds is 4. The fourth-order valence-corrected chi connectivity index (χ4v) is 8.31. The van der Waals surface area contributed by atoms with E-state index in [0.29, 0.717) is 21.5 Å². The van der Waals surface area contributed by atoms with E-state index in [9.17, 15) is 0 Å². The second-order valence-electron chi connectivity index (χ2n) is 12.3. The predicted octanol–water partition coefficient (Wildman–Crippen LogP) is 9.62. The number of halogens is 6. The number of hydrogen-bond acceptors (Lipinski definition) is 2. The van der Waals surface area contributed by atoms with Crippen molar-refractivity contribution in [2.24, 2.45) is 0 Å². The molecule has 0 bridgehead atoms. The summed E-state index contributed by atoms with van der Waals surface area (Å²) in [5.41, 5.74) is -8.63. The third-order valence-electron chi connectivity index (χ3n) is 7.01. The van der Waals surface area contributed by atoms with Gasteiger partial charge in [-0.05, 0) is 85.1 Å². The molecule has 5 rings (SSSR count). The van der Waals surface area contributed by atoms with Crippen LogP contribution in [0.2, 0.25) is 39.3 Å². The summed E-state index contributed by atoms with van der Waals surface area (Å²) in [7, 11) is -6.14. The zero-order valence-corrected chi connectivity index (χ0v) is 25.0. The van der Waals surface area contributed by atoms with Crippen molar-refractivity contribution in [3.8, 4) is 0 Å². The Morgan fingerprint density at radius 3 is 0.875 bits per heavy atom. The number of hydrogen-bond donors (Lipinski definition) is 0. The van der Waals surface area contributed by atoms with Crippen LogP contribution in [0.1, 0.15) is 22.3 Å². The maximum atomic E-state index is 15.8. The Morgan fingerprint density at radius 1 is 0.475 bits per heavy atom. The Bertz CT molecular complexity index is 1410. The molecule has 0 amide bonds. The smallest absolute Gasteiger partial charge is 0.397 e. The highest BCUT2D eigenvalue weighted by Crippen LogP contribution is 2.63. The normalized spacial score (nSPS) is 21.9. The monoisotopic (exact) mass is 592 g/mol. The van der Waals surface area contributed by atoms with Gasteiger partial charge in [0, 0.05) is 22.3 Å². The van der Waals surface area contributed by atoms with Crippen molar-refractivity contribution in [2.75, 3.05) is 0 Å².